The van der Waals surface area contributed by atoms with E-state index in [0.29, 0.717) is 12.5 Å². The van der Waals surface area contributed by atoms with E-state index in [4.69, 9.17) is 10.5 Å². The van der Waals surface area contributed by atoms with Gasteiger partial charge in [-0.1, -0.05) is 6.42 Å². The highest BCUT2D eigenvalue weighted by molar-refractivity contribution is 7.89. The molecule has 0 spiro atoms. The van der Waals surface area contributed by atoms with Crippen LogP contribution in [0, 0.1) is 5.92 Å². The van der Waals surface area contributed by atoms with E-state index < -0.39 is 10.0 Å². The lowest BCUT2D eigenvalue weighted by Crippen LogP contribution is -2.45. The van der Waals surface area contributed by atoms with Gasteiger partial charge in [-0.25, -0.2) is 13.1 Å². The quantitative estimate of drug-likeness (QED) is 0.534. The minimum absolute atomic E-state index is 0.0148. The highest BCUT2D eigenvalue weighted by Gasteiger charge is 2.27. The Morgan fingerprint density at radius 2 is 2.10 bits per heavy atom. The molecule has 0 aromatic heterocycles. The van der Waals surface area contributed by atoms with E-state index in [1.807, 2.05) is 13.8 Å². The number of hydrogen-bond donors (Lipinski definition) is 3. The first-order chi connectivity index (χ1) is 9.84. The molecule has 0 aromatic rings. The van der Waals surface area contributed by atoms with Crippen LogP contribution >= 0.6 is 0 Å². The highest BCUT2D eigenvalue weighted by Crippen LogP contribution is 2.24. The maximum absolute atomic E-state index is 11.8. The third kappa shape index (κ3) is 7.21. The predicted molar refractivity (Wildman–Crippen MR) is 81.2 cm³/mol. The fourth-order valence-electron chi connectivity index (χ4n) is 2.41. The Labute approximate surface area is 127 Å². The molecule has 2 unspecified atom stereocenters. The zero-order valence-electron chi connectivity index (χ0n) is 12.8. The second-order valence-corrected chi connectivity index (χ2v) is 7.59. The second-order valence-electron chi connectivity index (χ2n) is 5.66. The van der Waals surface area contributed by atoms with Crippen molar-refractivity contribution in [3.05, 3.63) is 0 Å². The molecular weight excluding hydrogens is 294 g/mol. The fraction of sp³-hybridized carbons (Fsp3) is 0.923. The van der Waals surface area contributed by atoms with Gasteiger partial charge in [0.25, 0.3) is 0 Å². The monoisotopic (exact) mass is 321 g/mol. The van der Waals surface area contributed by atoms with Crippen LogP contribution in [0.1, 0.15) is 33.1 Å². The van der Waals surface area contributed by atoms with Gasteiger partial charge in [0.1, 0.15) is 0 Å². The van der Waals surface area contributed by atoms with Crippen LogP contribution in [0.15, 0.2) is 0 Å². The number of nitrogens with two attached hydrogens (primary N) is 1. The summed E-state index contributed by atoms with van der Waals surface area (Å²) in [6, 6.07) is 0.0660. The maximum atomic E-state index is 11.8. The number of hydrogen-bond acceptors (Lipinski definition) is 5. The SMILES string of the molecule is CC(C)OCCS(=O)(=O)NCC(=O)NC1CCCC1CN. The molecule has 0 aliphatic heterocycles. The van der Waals surface area contributed by atoms with E-state index in [1.165, 1.54) is 0 Å². The lowest BCUT2D eigenvalue weighted by molar-refractivity contribution is -0.120. The lowest BCUT2D eigenvalue weighted by Gasteiger charge is -2.19. The number of carbonyl (C=O) groups excluding carboxylic acids is 1. The van der Waals surface area contributed by atoms with Gasteiger partial charge < -0.3 is 15.8 Å². The smallest absolute Gasteiger partial charge is 0.235 e. The Morgan fingerprint density at radius 3 is 2.71 bits per heavy atom. The van der Waals surface area contributed by atoms with Crippen molar-refractivity contribution in [2.24, 2.45) is 11.7 Å². The number of carbonyl (C=O) groups is 1. The van der Waals surface area contributed by atoms with Gasteiger partial charge in [-0.05, 0) is 39.2 Å². The number of nitrogens with one attached hydrogen (secondary N) is 2. The average molecular weight is 321 g/mol. The normalized spacial score (nSPS) is 22.7. The molecule has 1 saturated carbocycles. The molecule has 1 amide bonds. The molecule has 0 aromatic carbocycles. The average Bonchev–Trinajstić information content (AvgIpc) is 2.83. The van der Waals surface area contributed by atoms with E-state index in [0.717, 1.165) is 19.3 Å². The molecule has 0 saturated heterocycles. The molecule has 0 radical (unpaired) electrons. The summed E-state index contributed by atoms with van der Waals surface area (Å²) in [5, 5.41) is 2.85. The van der Waals surface area contributed by atoms with Gasteiger partial charge in [-0.2, -0.15) is 0 Å². The van der Waals surface area contributed by atoms with Crippen LogP contribution < -0.4 is 15.8 Å². The van der Waals surface area contributed by atoms with Gasteiger partial charge in [-0.3, -0.25) is 4.79 Å². The summed E-state index contributed by atoms with van der Waals surface area (Å²) in [4.78, 5) is 11.8. The van der Waals surface area contributed by atoms with Crippen LogP contribution in [0.2, 0.25) is 0 Å². The minimum atomic E-state index is -3.49. The van der Waals surface area contributed by atoms with Crippen LogP contribution in [0.25, 0.3) is 0 Å². The van der Waals surface area contributed by atoms with Crippen molar-refractivity contribution in [3.63, 3.8) is 0 Å². The lowest BCUT2D eigenvalue weighted by atomic mass is 10.0. The first-order valence-electron chi connectivity index (χ1n) is 7.42. The molecular formula is C13H27N3O4S. The third-order valence-electron chi connectivity index (χ3n) is 3.56. The molecule has 1 aliphatic rings. The highest BCUT2D eigenvalue weighted by atomic mass is 32.2. The molecule has 7 nitrogen and oxygen atoms in total. The molecule has 124 valence electrons. The van der Waals surface area contributed by atoms with Crippen molar-refractivity contribution in [2.45, 2.75) is 45.3 Å². The molecule has 8 heteroatoms. The van der Waals surface area contributed by atoms with E-state index in [2.05, 4.69) is 10.0 Å². The minimum Gasteiger partial charge on any atom is -0.378 e. The topological polar surface area (TPSA) is 111 Å². The zero-order chi connectivity index (χ0) is 15.9. The Hall–Kier alpha value is -0.700. The van der Waals surface area contributed by atoms with Crippen molar-refractivity contribution < 1.29 is 17.9 Å². The Morgan fingerprint density at radius 1 is 1.38 bits per heavy atom. The molecule has 1 rings (SSSR count). The number of rotatable bonds is 9. The maximum Gasteiger partial charge on any atom is 0.235 e. The molecule has 1 fully saturated rings. The van der Waals surface area contributed by atoms with E-state index in [-0.39, 0.29) is 37.0 Å². The van der Waals surface area contributed by atoms with Crippen LogP contribution in [0.3, 0.4) is 0 Å². The van der Waals surface area contributed by atoms with E-state index in [1.54, 1.807) is 0 Å². The second kappa shape index (κ2) is 8.67. The van der Waals surface area contributed by atoms with Crippen LogP contribution in [0.4, 0.5) is 0 Å². The summed E-state index contributed by atoms with van der Waals surface area (Å²) in [6.45, 7) is 4.10. The Balaban J connectivity index is 2.28. The summed E-state index contributed by atoms with van der Waals surface area (Å²) < 4.78 is 30.8. The fourth-order valence-corrected chi connectivity index (χ4v) is 3.22. The van der Waals surface area contributed by atoms with Crippen LogP contribution in [-0.4, -0.2) is 51.9 Å². The summed E-state index contributed by atoms with van der Waals surface area (Å²) in [5.41, 5.74) is 5.65. The molecule has 21 heavy (non-hydrogen) atoms. The van der Waals surface area contributed by atoms with Gasteiger partial charge >= 0.3 is 0 Å². The molecule has 1 aliphatic carbocycles. The van der Waals surface area contributed by atoms with Gasteiger partial charge in [-0.15, -0.1) is 0 Å². The summed E-state index contributed by atoms with van der Waals surface area (Å²) in [7, 11) is -3.49. The van der Waals surface area contributed by atoms with Crippen LogP contribution in [-0.2, 0) is 19.6 Å². The molecule has 0 bridgehead atoms. The van der Waals surface area contributed by atoms with Gasteiger partial charge in [0.2, 0.25) is 15.9 Å². The largest absolute Gasteiger partial charge is 0.378 e. The van der Waals surface area contributed by atoms with Crippen LogP contribution in [0.5, 0.6) is 0 Å². The van der Waals surface area contributed by atoms with Crippen molar-refractivity contribution in [2.75, 3.05) is 25.4 Å². The Bertz CT molecular complexity index is 425. The van der Waals surface area contributed by atoms with Crippen molar-refractivity contribution >= 4 is 15.9 Å². The Kier molecular flexibility index (Phi) is 7.58. The first kappa shape index (κ1) is 18.3. The molecule has 4 N–H and O–H groups in total. The summed E-state index contributed by atoms with van der Waals surface area (Å²) in [6.07, 6.45) is 2.95. The van der Waals surface area contributed by atoms with E-state index in [9.17, 15) is 13.2 Å². The number of ether oxygens (including phenoxy) is 1. The molecule has 0 heterocycles. The van der Waals surface area contributed by atoms with Crippen molar-refractivity contribution in [1.82, 2.24) is 10.0 Å². The summed E-state index contributed by atoms with van der Waals surface area (Å²) in [5.74, 6) is -0.161. The molecule has 2 atom stereocenters. The summed E-state index contributed by atoms with van der Waals surface area (Å²) >= 11 is 0. The van der Waals surface area contributed by atoms with Gasteiger partial charge in [0, 0.05) is 6.04 Å². The van der Waals surface area contributed by atoms with Crippen molar-refractivity contribution in [3.8, 4) is 0 Å². The third-order valence-corrected chi connectivity index (χ3v) is 4.85. The zero-order valence-corrected chi connectivity index (χ0v) is 13.6. The van der Waals surface area contributed by atoms with E-state index >= 15 is 0 Å². The predicted octanol–water partition coefficient (Wildman–Crippen LogP) is -0.426. The number of amides is 1. The van der Waals surface area contributed by atoms with Gasteiger partial charge in [0.05, 0.1) is 25.0 Å². The number of sulfonamides is 1. The van der Waals surface area contributed by atoms with Crippen molar-refractivity contribution in [1.29, 1.82) is 0 Å². The standard InChI is InChI=1S/C13H27N3O4S/c1-10(2)20-6-7-21(18,19)15-9-13(17)16-12-5-3-4-11(12)8-14/h10-12,15H,3-9,14H2,1-2H3,(H,16,17). The van der Waals surface area contributed by atoms with Gasteiger partial charge in [0.15, 0.2) is 0 Å². The first-order valence-corrected chi connectivity index (χ1v) is 9.07.